The Morgan fingerprint density at radius 1 is 0.404 bits per heavy atom. The molecule has 0 saturated heterocycles. The van der Waals surface area contributed by atoms with Gasteiger partial charge in [-0.15, -0.1) is 0 Å². The van der Waals surface area contributed by atoms with Gasteiger partial charge in [0, 0.05) is 32.6 Å². The zero-order valence-electron chi connectivity index (χ0n) is 26.4. The van der Waals surface area contributed by atoms with Crippen LogP contribution in [-0.4, -0.2) is 9.13 Å². The van der Waals surface area contributed by atoms with Crippen molar-refractivity contribution in [3.05, 3.63) is 169 Å². The van der Waals surface area contributed by atoms with Crippen LogP contribution < -0.4 is 0 Å². The Bertz CT molecular complexity index is 2680. The maximum absolute atomic E-state index is 2.53. The van der Waals surface area contributed by atoms with Gasteiger partial charge >= 0.3 is 0 Å². The van der Waals surface area contributed by atoms with Crippen LogP contribution in [0.15, 0.2) is 158 Å². The van der Waals surface area contributed by atoms with E-state index in [0.29, 0.717) is 0 Å². The Morgan fingerprint density at radius 2 is 0.957 bits per heavy atom. The highest BCUT2D eigenvalue weighted by Gasteiger charge is 2.38. The number of benzene rings is 7. The molecule has 0 aliphatic heterocycles. The van der Waals surface area contributed by atoms with Gasteiger partial charge in [0.25, 0.3) is 0 Å². The van der Waals surface area contributed by atoms with Crippen molar-refractivity contribution in [2.24, 2.45) is 0 Å². The van der Waals surface area contributed by atoms with Gasteiger partial charge < -0.3 is 9.13 Å². The first-order valence-electron chi connectivity index (χ1n) is 16.5. The molecule has 2 aromatic heterocycles. The Balaban J connectivity index is 1.28. The van der Waals surface area contributed by atoms with E-state index in [4.69, 9.17) is 0 Å². The van der Waals surface area contributed by atoms with Crippen molar-refractivity contribution in [3.63, 3.8) is 0 Å². The fourth-order valence-electron chi connectivity index (χ4n) is 8.49. The molecule has 0 amide bonds. The molecule has 2 heterocycles. The largest absolute Gasteiger partial charge is 0.309 e. The molecule has 0 N–H and O–H groups in total. The second-order valence-electron chi connectivity index (χ2n) is 13.3. The van der Waals surface area contributed by atoms with Crippen LogP contribution in [0.3, 0.4) is 0 Å². The Labute approximate surface area is 273 Å². The monoisotopic (exact) mass is 600 g/mol. The lowest BCUT2D eigenvalue weighted by molar-refractivity contribution is 0.656. The Morgan fingerprint density at radius 3 is 1.68 bits per heavy atom. The number of hydrogen-bond donors (Lipinski definition) is 0. The van der Waals surface area contributed by atoms with Crippen LogP contribution in [0.2, 0.25) is 0 Å². The number of aromatic nitrogens is 2. The minimum absolute atomic E-state index is 0.119. The van der Waals surface area contributed by atoms with Gasteiger partial charge in [-0.2, -0.15) is 0 Å². The van der Waals surface area contributed by atoms with Crippen LogP contribution in [0.1, 0.15) is 25.0 Å². The molecular weight excluding hydrogens is 569 g/mol. The van der Waals surface area contributed by atoms with Crippen molar-refractivity contribution in [3.8, 4) is 33.6 Å². The van der Waals surface area contributed by atoms with E-state index in [2.05, 4.69) is 181 Å². The third kappa shape index (κ3) is 3.56. The van der Waals surface area contributed by atoms with E-state index >= 15 is 0 Å². The lowest BCUT2D eigenvalue weighted by atomic mass is 9.81. The predicted molar refractivity (Wildman–Crippen MR) is 198 cm³/mol. The highest BCUT2D eigenvalue weighted by atomic mass is 15.0. The van der Waals surface area contributed by atoms with Crippen LogP contribution >= 0.6 is 0 Å². The fourth-order valence-corrected chi connectivity index (χ4v) is 8.49. The molecule has 1 aliphatic rings. The second-order valence-corrected chi connectivity index (χ2v) is 13.3. The van der Waals surface area contributed by atoms with E-state index in [0.717, 1.165) is 0 Å². The van der Waals surface area contributed by atoms with Gasteiger partial charge in [-0.05, 0) is 75.8 Å². The van der Waals surface area contributed by atoms with Crippen LogP contribution in [0, 0.1) is 0 Å². The summed E-state index contributed by atoms with van der Waals surface area (Å²) in [5, 5.41) is 5.16. The lowest BCUT2D eigenvalue weighted by Crippen LogP contribution is -2.17. The molecule has 9 aromatic rings. The fraction of sp³-hybridized carbons (Fsp3) is 0.0667. The number of hydrogen-bond acceptors (Lipinski definition) is 0. The first-order valence-corrected chi connectivity index (χ1v) is 16.5. The van der Waals surface area contributed by atoms with Crippen LogP contribution in [-0.2, 0) is 5.41 Å². The van der Waals surface area contributed by atoms with E-state index in [1.807, 2.05) is 0 Å². The highest BCUT2D eigenvalue weighted by molar-refractivity contribution is 6.29. The van der Waals surface area contributed by atoms with Crippen molar-refractivity contribution in [1.82, 2.24) is 9.13 Å². The number of nitrogens with zero attached hydrogens (tertiary/aromatic N) is 2. The van der Waals surface area contributed by atoms with Gasteiger partial charge in [-0.1, -0.05) is 129 Å². The van der Waals surface area contributed by atoms with Crippen molar-refractivity contribution in [2.75, 3.05) is 0 Å². The lowest BCUT2D eigenvalue weighted by Gasteiger charge is -2.25. The normalized spacial score (nSPS) is 13.5. The third-order valence-corrected chi connectivity index (χ3v) is 10.5. The summed E-state index contributed by atoms with van der Waals surface area (Å²) in [7, 11) is 0. The molecule has 0 fully saturated rings. The van der Waals surface area contributed by atoms with Gasteiger partial charge in [0.05, 0.1) is 27.8 Å². The molecule has 222 valence electrons. The molecule has 0 radical (unpaired) electrons. The van der Waals surface area contributed by atoms with E-state index in [9.17, 15) is 0 Å². The Hall–Kier alpha value is -5.86. The zero-order chi connectivity index (χ0) is 31.3. The molecule has 0 spiro atoms. The molecule has 0 saturated carbocycles. The summed E-state index contributed by atoms with van der Waals surface area (Å²) in [6, 6.07) is 57.9. The van der Waals surface area contributed by atoms with Crippen LogP contribution in [0.4, 0.5) is 0 Å². The molecule has 0 atom stereocenters. The summed E-state index contributed by atoms with van der Waals surface area (Å²) < 4.78 is 4.96. The van der Waals surface area contributed by atoms with Gasteiger partial charge in [0.2, 0.25) is 0 Å². The highest BCUT2D eigenvalue weighted by Crippen LogP contribution is 2.52. The molecule has 0 bridgehead atoms. The number of fused-ring (bicyclic) bond motifs is 10. The maximum Gasteiger partial charge on any atom is 0.0549 e. The molecule has 10 rings (SSSR count). The van der Waals surface area contributed by atoms with Crippen molar-refractivity contribution >= 4 is 43.6 Å². The van der Waals surface area contributed by atoms with E-state index < -0.39 is 0 Å². The molecule has 2 heteroatoms. The SMILES string of the molecule is CC1(C)c2ccccc2-c2cccc(-n3c4ccccc4c4c5c6ccccc6n(-c6ccc(-c7ccccc7)cc6)c5ccc43)c21. The maximum atomic E-state index is 2.53. The average Bonchev–Trinajstić information content (AvgIpc) is 3.72. The summed E-state index contributed by atoms with van der Waals surface area (Å²) in [6.45, 7) is 4.76. The molecule has 2 nitrogen and oxygen atoms in total. The summed E-state index contributed by atoms with van der Waals surface area (Å²) in [4.78, 5) is 0. The topological polar surface area (TPSA) is 9.86 Å². The third-order valence-electron chi connectivity index (χ3n) is 10.5. The van der Waals surface area contributed by atoms with Gasteiger partial charge in [-0.3, -0.25) is 0 Å². The van der Waals surface area contributed by atoms with Gasteiger partial charge in [-0.25, -0.2) is 0 Å². The van der Waals surface area contributed by atoms with Gasteiger partial charge in [0.1, 0.15) is 0 Å². The summed E-state index contributed by atoms with van der Waals surface area (Å²) in [5.74, 6) is 0. The van der Waals surface area contributed by atoms with Crippen LogP contribution in [0.25, 0.3) is 77.2 Å². The smallest absolute Gasteiger partial charge is 0.0549 e. The minimum atomic E-state index is -0.119. The van der Waals surface area contributed by atoms with E-state index in [1.54, 1.807) is 0 Å². The zero-order valence-corrected chi connectivity index (χ0v) is 26.4. The summed E-state index contributed by atoms with van der Waals surface area (Å²) in [5.41, 5.74) is 15.1. The van der Waals surface area contributed by atoms with Crippen LogP contribution in [0.5, 0.6) is 0 Å². The summed E-state index contributed by atoms with van der Waals surface area (Å²) in [6.07, 6.45) is 0. The van der Waals surface area contributed by atoms with Crippen molar-refractivity contribution in [1.29, 1.82) is 0 Å². The number of para-hydroxylation sites is 2. The Kier molecular flexibility index (Phi) is 5.37. The molecule has 47 heavy (non-hydrogen) atoms. The minimum Gasteiger partial charge on any atom is -0.309 e. The first kappa shape index (κ1) is 26.4. The second kappa shape index (κ2) is 9.57. The standard InChI is InChI=1S/C45H32N2/c1-45(2)36-19-9-6-15-32(36)33-18-12-22-41(44(33)45)47-38-21-11-8-17-35(38)43-40(47)28-27-39-42(43)34-16-7-10-20-37(34)46(39)31-25-23-30(24-26-31)29-13-4-3-5-14-29/h3-28H,1-2H3. The van der Waals surface area contributed by atoms with Crippen molar-refractivity contribution in [2.45, 2.75) is 19.3 Å². The summed E-state index contributed by atoms with van der Waals surface area (Å²) >= 11 is 0. The number of rotatable bonds is 3. The molecule has 0 unspecified atom stereocenters. The first-order chi connectivity index (χ1) is 23.1. The molecule has 7 aromatic carbocycles. The average molecular weight is 601 g/mol. The molecule has 1 aliphatic carbocycles. The predicted octanol–water partition coefficient (Wildman–Crippen LogP) is 11.9. The van der Waals surface area contributed by atoms with Gasteiger partial charge in [0.15, 0.2) is 0 Å². The molecular formula is C45H32N2. The van der Waals surface area contributed by atoms with E-state index in [1.165, 1.54) is 88.4 Å². The van der Waals surface area contributed by atoms with Crippen molar-refractivity contribution < 1.29 is 0 Å². The quantitative estimate of drug-likeness (QED) is 0.191. The van der Waals surface area contributed by atoms with E-state index in [-0.39, 0.29) is 5.41 Å².